The Morgan fingerprint density at radius 3 is 2.63 bits per heavy atom. The van der Waals surface area contributed by atoms with E-state index in [1.165, 1.54) is 20.5 Å². The predicted molar refractivity (Wildman–Crippen MR) is 71.0 cm³/mol. The standard InChI is InChI=1S/C13H11ClN2O3/c1-18-10-5-3-4-8(12(10)19-2)11-9(6-17)13(14)16-7-15-11/h3-7H,1-2H3. The molecule has 0 radical (unpaired) electrons. The minimum absolute atomic E-state index is 0.102. The van der Waals surface area contributed by atoms with E-state index in [2.05, 4.69) is 9.97 Å². The summed E-state index contributed by atoms with van der Waals surface area (Å²) in [7, 11) is 3.06. The van der Waals surface area contributed by atoms with Crippen molar-refractivity contribution < 1.29 is 14.3 Å². The molecule has 0 bridgehead atoms. The van der Waals surface area contributed by atoms with Crippen LogP contribution in [0.25, 0.3) is 11.3 Å². The number of methoxy groups -OCH3 is 2. The Morgan fingerprint density at radius 2 is 2.00 bits per heavy atom. The lowest BCUT2D eigenvalue weighted by atomic mass is 10.1. The molecule has 2 rings (SSSR count). The SMILES string of the molecule is COc1cccc(-c2ncnc(Cl)c2C=O)c1OC. The van der Waals surface area contributed by atoms with Gasteiger partial charge in [0.15, 0.2) is 17.8 Å². The molecule has 0 unspecified atom stereocenters. The van der Waals surface area contributed by atoms with E-state index >= 15 is 0 Å². The number of aldehydes is 1. The van der Waals surface area contributed by atoms with Gasteiger partial charge in [-0.3, -0.25) is 4.79 Å². The van der Waals surface area contributed by atoms with Crippen LogP contribution >= 0.6 is 11.6 Å². The molecule has 6 heteroatoms. The molecule has 5 nitrogen and oxygen atoms in total. The summed E-state index contributed by atoms with van der Waals surface area (Å²) in [5.74, 6) is 1.04. The van der Waals surface area contributed by atoms with Gasteiger partial charge in [-0.25, -0.2) is 9.97 Å². The van der Waals surface area contributed by atoms with Crippen molar-refractivity contribution in [3.63, 3.8) is 0 Å². The van der Waals surface area contributed by atoms with Gasteiger partial charge >= 0.3 is 0 Å². The van der Waals surface area contributed by atoms with Gasteiger partial charge < -0.3 is 9.47 Å². The normalized spacial score (nSPS) is 10.1. The fourth-order valence-electron chi connectivity index (χ4n) is 1.77. The van der Waals surface area contributed by atoms with E-state index < -0.39 is 0 Å². The largest absolute Gasteiger partial charge is 0.493 e. The van der Waals surface area contributed by atoms with Crippen molar-refractivity contribution in [1.82, 2.24) is 9.97 Å². The van der Waals surface area contributed by atoms with E-state index in [4.69, 9.17) is 21.1 Å². The fraction of sp³-hybridized carbons (Fsp3) is 0.154. The van der Waals surface area contributed by atoms with Gasteiger partial charge in [0, 0.05) is 5.56 Å². The molecule has 0 amide bonds. The molecule has 98 valence electrons. The van der Waals surface area contributed by atoms with E-state index in [9.17, 15) is 4.79 Å². The number of aromatic nitrogens is 2. The maximum absolute atomic E-state index is 11.1. The van der Waals surface area contributed by atoms with E-state index in [0.29, 0.717) is 29.0 Å². The van der Waals surface area contributed by atoms with Crippen LogP contribution < -0.4 is 9.47 Å². The molecular formula is C13H11ClN2O3. The Kier molecular flexibility index (Phi) is 3.97. The number of nitrogens with zero attached hydrogens (tertiary/aromatic N) is 2. The van der Waals surface area contributed by atoms with Gasteiger partial charge in [0.25, 0.3) is 0 Å². The van der Waals surface area contributed by atoms with Crippen molar-refractivity contribution in [2.45, 2.75) is 0 Å². The summed E-state index contributed by atoms with van der Waals surface area (Å²) in [5, 5.41) is 0.102. The van der Waals surface area contributed by atoms with Gasteiger partial charge in [-0.05, 0) is 12.1 Å². The summed E-state index contributed by atoms with van der Waals surface area (Å²) in [6, 6.07) is 5.31. The van der Waals surface area contributed by atoms with Crippen molar-refractivity contribution in [2.75, 3.05) is 14.2 Å². The van der Waals surface area contributed by atoms with Gasteiger partial charge in [0.1, 0.15) is 11.5 Å². The van der Waals surface area contributed by atoms with Gasteiger partial charge in [-0.1, -0.05) is 17.7 Å². The predicted octanol–water partition coefficient (Wildman–Crippen LogP) is 2.63. The number of rotatable bonds is 4. The van der Waals surface area contributed by atoms with Crippen molar-refractivity contribution in [3.05, 3.63) is 35.2 Å². The highest BCUT2D eigenvalue weighted by atomic mass is 35.5. The molecule has 19 heavy (non-hydrogen) atoms. The van der Waals surface area contributed by atoms with Gasteiger partial charge in [-0.2, -0.15) is 0 Å². The van der Waals surface area contributed by atoms with Crippen molar-refractivity contribution in [3.8, 4) is 22.8 Å². The van der Waals surface area contributed by atoms with Gasteiger partial charge in [0.2, 0.25) is 0 Å². The first-order chi connectivity index (χ1) is 9.22. The van der Waals surface area contributed by atoms with Crippen LogP contribution in [0.2, 0.25) is 5.15 Å². The molecule has 1 aromatic heterocycles. The third kappa shape index (κ3) is 2.37. The Labute approximate surface area is 115 Å². The van der Waals surface area contributed by atoms with Crippen molar-refractivity contribution in [2.24, 2.45) is 0 Å². The molecule has 0 aliphatic rings. The van der Waals surface area contributed by atoms with E-state index in [1.54, 1.807) is 18.2 Å². The molecule has 2 aromatic rings. The van der Waals surface area contributed by atoms with E-state index in [-0.39, 0.29) is 10.7 Å². The lowest BCUT2D eigenvalue weighted by Gasteiger charge is -2.13. The highest BCUT2D eigenvalue weighted by Gasteiger charge is 2.17. The first-order valence-electron chi connectivity index (χ1n) is 5.40. The molecule has 0 fully saturated rings. The van der Waals surface area contributed by atoms with Crippen LogP contribution in [-0.2, 0) is 0 Å². The van der Waals surface area contributed by atoms with E-state index in [1.807, 2.05) is 0 Å². The highest BCUT2D eigenvalue weighted by Crippen LogP contribution is 2.38. The number of para-hydroxylation sites is 1. The number of benzene rings is 1. The van der Waals surface area contributed by atoms with Crippen molar-refractivity contribution >= 4 is 17.9 Å². The number of hydrogen-bond acceptors (Lipinski definition) is 5. The molecule has 0 aliphatic heterocycles. The Bertz CT molecular complexity index is 617. The molecule has 0 spiro atoms. The summed E-state index contributed by atoms with van der Waals surface area (Å²) in [5.41, 5.74) is 1.25. The minimum atomic E-state index is 0.102. The smallest absolute Gasteiger partial charge is 0.170 e. The quantitative estimate of drug-likeness (QED) is 0.635. The molecule has 0 atom stereocenters. The van der Waals surface area contributed by atoms with Crippen LogP contribution in [-0.4, -0.2) is 30.5 Å². The number of halogens is 1. The number of carbonyl (C=O) groups excluding carboxylic acids is 1. The van der Waals surface area contributed by atoms with Gasteiger partial charge in [0.05, 0.1) is 25.5 Å². The summed E-state index contributed by atoms with van der Waals surface area (Å²) in [6.45, 7) is 0. The third-order valence-electron chi connectivity index (χ3n) is 2.61. The second-order valence-corrected chi connectivity index (χ2v) is 3.94. The van der Waals surface area contributed by atoms with Crippen LogP contribution in [0.5, 0.6) is 11.5 Å². The van der Waals surface area contributed by atoms with Crippen LogP contribution in [0, 0.1) is 0 Å². The van der Waals surface area contributed by atoms with Crippen LogP contribution in [0.15, 0.2) is 24.5 Å². The molecule has 0 aliphatic carbocycles. The fourth-order valence-corrected chi connectivity index (χ4v) is 1.94. The van der Waals surface area contributed by atoms with Crippen molar-refractivity contribution in [1.29, 1.82) is 0 Å². The first-order valence-corrected chi connectivity index (χ1v) is 5.77. The molecule has 1 aromatic carbocycles. The Hall–Kier alpha value is -2.14. The average Bonchev–Trinajstić information content (AvgIpc) is 2.45. The lowest BCUT2D eigenvalue weighted by Crippen LogP contribution is -1.99. The number of carbonyl (C=O) groups is 1. The van der Waals surface area contributed by atoms with Crippen LogP contribution in [0.1, 0.15) is 10.4 Å². The molecule has 0 saturated heterocycles. The first kappa shape index (κ1) is 13.3. The summed E-state index contributed by atoms with van der Waals surface area (Å²) in [4.78, 5) is 19.0. The summed E-state index contributed by atoms with van der Waals surface area (Å²) >= 11 is 5.89. The monoisotopic (exact) mass is 278 g/mol. The minimum Gasteiger partial charge on any atom is -0.493 e. The number of ether oxygens (including phenoxy) is 2. The molecule has 0 saturated carbocycles. The zero-order valence-electron chi connectivity index (χ0n) is 10.4. The summed E-state index contributed by atoms with van der Waals surface area (Å²) in [6.07, 6.45) is 1.92. The maximum Gasteiger partial charge on any atom is 0.170 e. The zero-order valence-corrected chi connectivity index (χ0v) is 11.1. The lowest BCUT2D eigenvalue weighted by molar-refractivity contribution is 0.112. The summed E-state index contributed by atoms with van der Waals surface area (Å²) < 4.78 is 10.5. The molecule has 0 N–H and O–H groups in total. The highest BCUT2D eigenvalue weighted by molar-refractivity contribution is 6.32. The molecule has 1 heterocycles. The Morgan fingerprint density at radius 1 is 1.21 bits per heavy atom. The second-order valence-electron chi connectivity index (χ2n) is 3.59. The van der Waals surface area contributed by atoms with E-state index in [0.717, 1.165) is 0 Å². The number of hydrogen-bond donors (Lipinski definition) is 0. The topological polar surface area (TPSA) is 61.3 Å². The second kappa shape index (κ2) is 5.67. The molecular weight excluding hydrogens is 268 g/mol. The zero-order chi connectivity index (χ0) is 13.8. The third-order valence-corrected chi connectivity index (χ3v) is 2.91. The average molecular weight is 279 g/mol. The Balaban J connectivity index is 2.72. The van der Waals surface area contributed by atoms with Gasteiger partial charge in [-0.15, -0.1) is 0 Å². The van der Waals surface area contributed by atoms with Crippen LogP contribution in [0.4, 0.5) is 0 Å². The van der Waals surface area contributed by atoms with Crippen LogP contribution in [0.3, 0.4) is 0 Å². The maximum atomic E-state index is 11.1.